The van der Waals surface area contributed by atoms with E-state index in [-0.39, 0.29) is 6.61 Å². The van der Waals surface area contributed by atoms with Crippen LogP contribution in [0.3, 0.4) is 0 Å². The van der Waals surface area contributed by atoms with Gasteiger partial charge in [0, 0.05) is 0 Å². The molecule has 1 rings (SSSR count). The molecule has 0 fully saturated rings. The number of primary amides is 1. The molecule has 0 bridgehead atoms. The largest absolute Gasteiger partial charge is 0.483 e. The van der Waals surface area contributed by atoms with Crippen LogP contribution in [0.4, 0.5) is 0 Å². The maximum atomic E-state index is 10.5. The van der Waals surface area contributed by atoms with Gasteiger partial charge in [-0.3, -0.25) is 4.79 Å². The van der Waals surface area contributed by atoms with Gasteiger partial charge in [-0.05, 0) is 40.0 Å². The van der Waals surface area contributed by atoms with E-state index in [4.69, 9.17) is 10.5 Å². The number of benzene rings is 1. The summed E-state index contributed by atoms with van der Waals surface area (Å²) in [4.78, 5) is 10.5. The topological polar surface area (TPSA) is 52.3 Å². The number of aryl methyl sites for hydroxylation is 1. The number of hydrogen-bond donors (Lipinski definition) is 1. The molecule has 1 amide bonds. The molecule has 14 heavy (non-hydrogen) atoms. The summed E-state index contributed by atoms with van der Waals surface area (Å²) in [5.41, 5.74) is 6.18. The van der Waals surface area contributed by atoms with E-state index in [1.807, 2.05) is 18.2 Å². The predicted octanol–water partition coefficient (Wildman–Crippen LogP) is 1.88. The van der Waals surface area contributed by atoms with Crippen LogP contribution in [0.2, 0.25) is 0 Å². The van der Waals surface area contributed by atoms with Crippen LogP contribution in [0.1, 0.15) is 12.5 Å². The molecule has 0 aliphatic carbocycles. The molecule has 0 saturated heterocycles. The summed E-state index contributed by atoms with van der Waals surface area (Å²) in [5, 5.41) is 0. The summed E-state index contributed by atoms with van der Waals surface area (Å²) < 4.78 is 6.02. The van der Waals surface area contributed by atoms with Gasteiger partial charge in [-0.25, -0.2) is 0 Å². The van der Waals surface area contributed by atoms with Crippen LogP contribution in [0.15, 0.2) is 22.7 Å². The Hall–Kier alpha value is -1.03. The van der Waals surface area contributed by atoms with Crippen molar-refractivity contribution in [1.29, 1.82) is 0 Å². The Labute approximate surface area is 91.4 Å². The molecule has 0 aliphatic rings. The van der Waals surface area contributed by atoms with E-state index in [1.165, 1.54) is 5.56 Å². The van der Waals surface area contributed by atoms with Crippen LogP contribution < -0.4 is 10.5 Å². The summed E-state index contributed by atoms with van der Waals surface area (Å²) >= 11 is 3.36. The molecule has 0 radical (unpaired) electrons. The second-order valence-electron chi connectivity index (χ2n) is 2.87. The van der Waals surface area contributed by atoms with Crippen LogP contribution in [-0.2, 0) is 11.2 Å². The molecular formula is C10H12BrNO2. The van der Waals surface area contributed by atoms with Crippen LogP contribution in [0.25, 0.3) is 0 Å². The normalized spacial score (nSPS) is 9.86. The number of hydrogen-bond acceptors (Lipinski definition) is 2. The Balaban J connectivity index is 2.73. The van der Waals surface area contributed by atoms with Gasteiger partial charge in [0.05, 0.1) is 4.47 Å². The minimum atomic E-state index is -0.475. The summed E-state index contributed by atoms with van der Waals surface area (Å²) in [5.74, 6) is 0.164. The van der Waals surface area contributed by atoms with Crippen molar-refractivity contribution in [3.05, 3.63) is 28.2 Å². The highest BCUT2D eigenvalue weighted by Crippen LogP contribution is 2.25. The van der Waals surface area contributed by atoms with Crippen molar-refractivity contribution in [2.24, 2.45) is 5.73 Å². The summed E-state index contributed by atoms with van der Waals surface area (Å²) in [7, 11) is 0. The van der Waals surface area contributed by atoms with Crippen molar-refractivity contribution in [3.63, 3.8) is 0 Å². The van der Waals surface area contributed by atoms with Gasteiger partial charge in [-0.1, -0.05) is 13.0 Å². The van der Waals surface area contributed by atoms with Crippen molar-refractivity contribution < 1.29 is 9.53 Å². The first-order valence-corrected chi connectivity index (χ1v) is 5.12. The first kappa shape index (κ1) is 11.0. The van der Waals surface area contributed by atoms with Gasteiger partial charge < -0.3 is 10.5 Å². The standard InChI is InChI=1S/C10H12BrNO2/c1-2-7-3-4-9(8(11)5-7)14-6-10(12)13/h3-5H,2,6H2,1H3,(H2,12,13). The third-order valence-electron chi connectivity index (χ3n) is 1.77. The monoisotopic (exact) mass is 257 g/mol. The van der Waals surface area contributed by atoms with Gasteiger partial charge >= 0.3 is 0 Å². The molecule has 0 unspecified atom stereocenters. The van der Waals surface area contributed by atoms with Crippen molar-refractivity contribution in [2.75, 3.05) is 6.61 Å². The van der Waals surface area contributed by atoms with Crippen LogP contribution in [0, 0.1) is 0 Å². The second-order valence-corrected chi connectivity index (χ2v) is 3.73. The van der Waals surface area contributed by atoms with E-state index in [0.717, 1.165) is 10.9 Å². The van der Waals surface area contributed by atoms with Crippen molar-refractivity contribution in [2.45, 2.75) is 13.3 Å². The highest BCUT2D eigenvalue weighted by atomic mass is 79.9. The molecule has 0 aromatic heterocycles. The molecule has 76 valence electrons. The van der Waals surface area contributed by atoms with Crippen LogP contribution >= 0.6 is 15.9 Å². The zero-order valence-corrected chi connectivity index (χ0v) is 9.50. The van der Waals surface area contributed by atoms with Gasteiger partial charge in [0.2, 0.25) is 0 Å². The molecule has 1 aromatic carbocycles. The van der Waals surface area contributed by atoms with E-state index in [0.29, 0.717) is 5.75 Å². The number of carbonyl (C=O) groups is 1. The Kier molecular flexibility index (Phi) is 3.95. The molecule has 1 aromatic rings. The number of amides is 1. The molecule has 0 heterocycles. The van der Waals surface area contributed by atoms with Gasteiger partial charge in [0.1, 0.15) is 5.75 Å². The lowest BCUT2D eigenvalue weighted by atomic mass is 10.2. The van der Waals surface area contributed by atoms with E-state index in [9.17, 15) is 4.79 Å². The number of nitrogens with two attached hydrogens (primary N) is 1. The van der Waals surface area contributed by atoms with E-state index < -0.39 is 5.91 Å². The number of carbonyl (C=O) groups excluding carboxylic acids is 1. The fraction of sp³-hybridized carbons (Fsp3) is 0.300. The van der Waals surface area contributed by atoms with Gasteiger partial charge in [0.25, 0.3) is 5.91 Å². The van der Waals surface area contributed by atoms with Gasteiger partial charge in [-0.2, -0.15) is 0 Å². The molecule has 0 aliphatic heterocycles. The van der Waals surface area contributed by atoms with Gasteiger partial charge in [-0.15, -0.1) is 0 Å². The summed E-state index contributed by atoms with van der Waals surface area (Å²) in [6.45, 7) is 1.98. The van der Waals surface area contributed by atoms with E-state index >= 15 is 0 Å². The maximum Gasteiger partial charge on any atom is 0.255 e. The SMILES string of the molecule is CCc1ccc(OCC(N)=O)c(Br)c1. The lowest BCUT2D eigenvalue weighted by molar-refractivity contribution is -0.119. The molecular weight excluding hydrogens is 246 g/mol. The Morgan fingerprint density at radius 3 is 2.79 bits per heavy atom. The Bertz CT molecular complexity index is 339. The number of halogens is 1. The fourth-order valence-electron chi connectivity index (χ4n) is 1.03. The van der Waals surface area contributed by atoms with Crippen LogP contribution in [0.5, 0.6) is 5.75 Å². The zero-order valence-electron chi connectivity index (χ0n) is 7.92. The summed E-state index contributed by atoms with van der Waals surface area (Å²) in [6.07, 6.45) is 0.967. The first-order chi connectivity index (χ1) is 6.63. The predicted molar refractivity (Wildman–Crippen MR) is 58.2 cm³/mol. The third-order valence-corrected chi connectivity index (χ3v) is 2.39. The molecule has 4 heteroatoms. The number of ether oxygens (including phenoxy) is 1. The number of rotatable bonds is 4. The molecule has 0 saturated carbocycles. The smallest absolute Gasteiger partial charge is 0.255 e. The average Bonchev–Trinajstić information content (AvgIpc) is 2.15. The molecule has 2 N–H and O–H groups in total. The Morgan fingerprint density at radius 2 is 2.29 bits per heavy atom. The molecule has 3 nitrogen and oxygen atoms in total. The average molecular weight is 258 g/mol. The lowest BCUT2D eigenvalue weighted by Gasteiger charge is -2.07. The molecule has 0 atom stereocenters. The minimum Gasteiger partial charge on any atom is -0.483 e. The fourth-order valence-corrected chi connectivity index (χ4v) is 1.57. The third kappa shape index (κ3) is 3.03. The highest BCUT2D eigenvalue weighted by Gasteiger charge is 2.03. The Morgan fingerprint density at radius 1 is 1.57 bits per heavy atom. The van der Waals surface area contributed by atoms with Crippen molar-refractivity contribution in [1.82, 2.24) is 0 Å². The maximum absolute atomic E-state index is 10.5. The minimum absolute atomic E-state index is 0.0932. The quantitative estimate of drug-likeness (QED) is 0.896. The highest BCUT2D eigenvalue weighted by molar-refractivity contribution is 9.10. The second kappa shape index (κ2) is 5.00. The summed E-state index contributed by atoms with van der Waals surface area (Å²) in [6, 6.07) is 5.75. The van der Waals surface area contributed by atoms with E-state index in [2.05, 4.69) is 22.9 Å². The molecule has 0 spiro atoms. The lowest BCUT2D eigenvalue weighted by Crippen LogP contribution is -2.20. The zero-order chi connectivity index (χ0) is 10.6. The van der Waals surface area contributed by atoms with Crippen molar-refractivity contribution in [3.8, 4) is 5.75 Å². The van der Waals surface area contributed by atoms with Crippen molar-refractivity contribution >= 4 is 21.8 Å². The first-order valence-electron chi connectivity index (χ1n) is 4.33. The van der Waals surface area contributed by atoms with Gasteiger partial charge in [0.15, 0.2) is 6.61 Å². The van der Waals surface area contributed by atoms with E-state index in [1.54, 1.807) is 0 Å². The van der Waals surface area contributed by atoms with Crippen LogP contribution in [-0.4, -0.2) is 12.5 Å².